The fourth-order valence-corrected chi connectivity index (χ4v) is 2.84. The summed E-state index contributed by atoms with van der Waals surface area (Å²) in [5.74, 6) is 0. The maximum atomic E-state index is 6.35. The maximum absolute atomic E-state index is 6.35. The van der Waals surface area contributed by atoms with Gasteiger partial charge >= 0.3 is 0 Å². The average Bonchev–Trinajstić information content (AvgIpc) is 2.89. The van der Waals surface area contributed by atoms with E-state index in [1.54, 1.807) is 0 Å². The van der Waals surface area contributed by atoms with Crippen LogP contribution in [-0.2, 0) is 11.3 Å². The summed E-state index contributed by atoms with van der Waals surface area (Å²) < 4.78 is 7.72. The molecule has 0 amide bonds. The van der Waals surface area contributed by atoms with Crippen LogP contribution in [0.4, 0.5) is 0 Å². The van der Waals surface area contributed by atoms with Crippen LogP contribution >= 0.6 is 11.6 Å². The molecular weight excluding hydrogens is 236 g/mol. The minimum absolute atomic E-state index is 0.0771. The van der Waals surface area contributed by atoms with Crippen molar-refractivity contribution < 1.29 is 4.74 Å². The number of ether oxygens (including phenoxy) is 1. The van der Waals surface area contributed by atoms with Crippen molar-refractivity contribution in [3.63, 3.8) is 0 Å². The van der Waals surface area contributed by atoms with Crippen LogP contribution in [0.25, 0.3) is 0 Å². The highest BCUT2D eigenvalue weighted by Gasteiger charge is 2.21. The van der Waals surface area contributed by atoms with Gasteiger partial charge in [0.05, 0.1) is 23.7 Å². The van der Waals surface area contributed by atoms with Crippen LogP contribution < -0.4 is 0 Å². The van der Waals surface area contributed by atoms with E-state index in [0.717, 1.165) is 31.7 Å². The zero-order valence-electron chi connectivity index (χ0n) is 10.9. The molecule has 0 aliphatic carbocycles. The van der Waals surface area contributed by atoms with Gasteiger partial charge in [-0.15, -0.1) is 11.6 Å². The Kier molecular flexibility index (Phi) is 4.10. The van der Waals surface area contributed by atoms with Crippen LogP contribution in [0.1, 0.15) is 48.5 Å². The Morgan fingerprint density at radius 3 is 2.88 bits per heavy atom. The molecule has 2 heterocycles. The zero-order chi connectivity index (χ0) is 12.4. The molecule has 0 aromatic carbocycles. The molecule has 2 rings (SSSR count). The van der Waals surface area contributed by atoms with Gasteiger partial charge in [-0.05, 0) is 33.1 Å². The van der Waals surface area contributed by atoms with E-state index in [2.05, 4.69) is 23.6 Å². The minimum Gasteiger partial charge on any atom is -0.376 e. The molecule has 1 aliphatic heterocycles. The predicted octanol–water partition coefficient (Wildman–Crippen LogP) is 3.37. The van der Waals surface area contributed by atoms with E-state index in [1.165, 1.54) is 17.7 Å². The third-order valence-corrected chi connectivity index (χ3v) is 4.04. The van der Waals surface area contributed by atoms with E-state index >= 15 is 0 Å². The molecule has 1 aliphatic rings. The Morgan fingerprint density at radius 2 is 2.29 bits per heavy atom. The molecule has 1 fully saturated rings. The summed E-state index contributed by atoms with van der Waals surface area (Å²) in [6.07, 6.45) is 3.58. The molecule has 0 spiro atoms. The van der Waals surface area contributed by atoms with Crippen LogP contribution in [0, 0.1) is 13.8 Å². The standard InChI is InChI=1S/C13H21ClN2O/c1-4-12(14)13-9(2)15-16(10(13)3)8-11-6-5-7-17-11/h11-12H,4-8H2,1-3H3. The molecule has 96 valence electrons. The van der Waals surface area contributed by atoms with E-state index in [-0.39, 0.29) is 5.38 Å². The lowest BCUT2D eigenvalue weighted by Gasteiger charge is -2.12. The highest BCUT2D eigenvalue weighted by atomic mass is 35.5. The smallest absolute Gasteiger partial charge is 0.0771 e. The molecule has 1 aromatic rings. The van der Waals surface area contributed by atoms with Crippen LogP contribution in [0.15, 0.2) is 0 Å². The highest BCUT2D eigenvalue weighted by molar-refractivity contribution is 6.20. The number of nitrogens with zero attached hydrogens (tertiary/aromatic N) is 2. The molecule has 2 unspecified atom stereocenters. The van der Waals surface area contributed by atoms with E-state index in [0.29, 0.717) is 6.10 Å². The van der Waals surface area contributed by atoms with Crippen molar-refractivity contribution in [3.8, 4) is 0 Å². The first-order valence-corrected chi connectivity index (χ1v) is 6.86. The zero-order valence-corrected chi connectivity index (χ0v) is 11.6. The Balaban J connectivity index is 2.17. The molecule has 1 aromatic heterocycles. The van der Waals surface area contributed by atoms with Gasteiger partial charge in [0, 0.05) is 17.9 Å². The SMILES string of the molecule is CCC(Cl)c1c(C)nn(CC2CCCO2)c1C. The van der Waals surface area contributed by atoms with E-state index in [4.69, 9.17) is 16.3 Å². The van der Waals surface area contributed by atoms with Gasteiger partial charge in [0.2, 0.25) is 0 Å². The normalized spacial score (nSPS) is 22.0. The van der Waals surface area contributed by atoms with Crippen molar-refractivity contribution >= 4 is 11.6 Å². The Labute approximate surface area is 108 Å². The number of aryl methyl sites for hydroxylation is 1. The Morgan fingerprint density at radius 1 is 1.53 bits per heavy atom. The lowest BCUT2D eigenvalue weighted by Crippen LogP contribution is -2.17. The first-order valence-electron chi connectivity index (χ1n) is 6.43. The van der Waals surface area contributed by atoms with E-state index in [9.17, 15) is 0 Å². The summed E-state index contributed by atoms with van der Waals surface area (Å²) in [6, 6.07) is 0. The topological polar surface area (TPSA) is 27.1 Å². The summed E-state index contributed by atoms with van der Waals surface area (Å²) in [4.78, 5) is 0. The molecule has 0 saturated carbocycles. The van der Waals surface area contributed by atoms with Gasteiger partial charge in [0.1, 0.15) is 0 Å². The van der Waals surface area contributed by atoms with Gasteiger partial charge in [-0.25, -0.2) is 0 Å². The third-order valence-electron chi connectivity index (χ3n) is 3.51. The van der Waals surface area contributed by atoms with Crippen molar-refractivity contribution in [2.75, 3.05) is 6.61 Å². The van der Waals surface area contributed by atoms with Crippen LogP contribution in [-0.4, -0.2) is 22.5 Å². The highest BCUT2D eigenvalue weighted by Crippen LogP contribution is 2.30. The second-order valence-corrected chi connectivity index (χ2v) is 5.30. The summed E-state index contributed by atoms with van der Waals surface area (Å²) >= 11 is 6.35. The van der Waals surface area contributed by atoms with Crippen molar-refractivity contribution in [3.05, 3.63) is 17.0 Å². The van der Waals surface area contributed by atoms with Crippen molar-refractivity contribution in [2.24, 2.45) is 0 Å². The lowest BCUT2D eigenvalue weighted by atomic mass is 10.1. The first kappa shape index (κ1) is 12.9. The van der Waals surface area contributed by atoms with Crippen LogP contribution in [0.3, 0.4) is 0 Å². The monoisotopic (exact) mass is 256 g/mol. The molecule has 0 radical (unpaired) electrons. The second-order valence-electron chi connectivity index (χ2n) is 4.78. The first-order chi connectivity index (χ1) is 8.13. The largest absolute Gasteiger partial charge is 0.376 e. The summed E-state index contributed by atoms with van der Waals surface area (Å²) in [5.41, 5.74) is 3.45. The molecule has 0 bridgehead atoms. The van der Waals surface area contributed by atoms with Crippen LogP contribution in [0.2, 0.25) is 0 Å². The molecule has 4 heteroatoms. The molecular formula is C13H21ClN2O. The quantitative estimate of drug-likeness (QED) is 0.773. The maximum Gasteiger partial charge on any atom is 0.0771 e. The molecule has 1 saturated heterocycles. The van der Waals surface area contributed by atoms with Gasteiger partial charge in [-0.3, -0.25) is 4.68 Å². The number of aromatic nitrogens is 2. The number of rotatable bonds is 4. The van der Waals surface area contributed by atoms with Gasteiger partial charge in [0.15, 0.2) is 0 Å². The Bertz CT molecular complexity index is 383. The van der Waals surface area contributed by atoms with Gasteiger partial charge in [-0.1, -0.05) is 6.92 Å². The number of hydrogen-bond donors (Lipinski definition) is 0. The van der Waals surface area contributed by atoms with Crippen molar-refractivity contribution in [2.45, 2.75) is 58.1 Å². The van der Waals surface area contributed by atoms with Gasteiger partial charge in [0.25, 0.3) is 0 Å². The van der Waals surface area contributed by atoms with Gasteiger partial charge < -0.3 is 4.74 Å². The van der Waals surface area contributed by atoms with E-state index < -0.39 is 0 Å². The summed E-state index contributed by atoms with van der Waals surface area (Å²) in [5, 5.41) is 4.67. The minimum atomic E-state index is 0.0771. The van der Waals surface area contributed by atoms with E-state index in [1.807, 2.05) is 6.92 Å². The number of alkyl halides is 1. The summed E-state index contributed by atoms with van der Waals surface area (Å²) in [7, 11) is 0. The van der Waals surface area contributed by atoms with Crippen LogP contribution in [0.5, 0.6) is 0 Å². The summed E-state index contributed by atoms with van der Waals surface area (Å²) in [6.45, 7) is 8.01. The molecule has 0 N–H and O–H groups in total. The fraction of sp³-hybridized carbons (Fsp3) is 0.769. The number of halogens is 1. The molecule has 3 nitrogen and oxygen atoms in total. The fourth-order valence-electron chi connectivity index (χ4n) is 2.53. The second kappa shape index (κ2) is 5.40. The van der Waals surface area contributed by atoms with Crippen molar-refractivity contribution in [1.82, 2.24) is 9.78 Å². The van der Waals surface area contributed by atoms with Crippen molar-refractivity contribution in [1.29, 1.82) is 0 Å². The molecule has 2 atom stereocenters. The third kappa shape index (κ3) is 2.66. The molecule has 17 heavy (non-hydrogen) atoms. The average molecular weight is 257 g/mol. The number of hydrogen-bond acceptors (Lipinski definition) is 2. The lowest BCUT2D eigenvalue weighted by molar-refractivity contribution is 0.0933. The van der Waals surface area contributed by atoms with Gasteiger partial charge in [-0.2, -0.15) is 5.10 Å². The predicted molar refractivity (Wildman–Crippen MR) is 69.6 cm³/mol. The Hall–Kier alpha value is -0.540.